The summed E-state index contributed by atoms with van der Waals surface area (Å²) >= 11 is 1.47. The van der Waals surface area contributed by atoms with Gasteiger partial charge in [-0.1, -0.05) is 54.2 Å². The second-order valence-corrected chi connectivity index (χ2v) is 5.82. The normalized spacial score (nSPS) is 11.0. The monoisotopic (exact) mass is 331 g/mol. The van der Waals surface area contributed by atoms with Gasteiger partial charge in [-0.2, -0.15) is 4.98 Å². The molecule has 3 rings (SSSR count). The van der Waals surface area contributed by atoms with E-state index in [1.165, 1.54) is 11.8 Å². The second kappa shape index (κ2) is 7.38. The predicted molar refractivity (Wildman–Crippen MR) is 85.5 cm³/mol. The number of hydrogen-bond acceptors (Lipinski definition) is 7. The number of aromatic nitrogens is 5. The maximum Gasteiger partial charge on any atom is 0.237 e. The number of hydrogen-bond donors (Lipinski definition) is 1. The number of aliphatic hydroxyl groups is 1. The van der Waals surface area contributed by atoms with E-state index in [9.17, 15) is 5.11 Å². The molecule has 3 aromatic rings. The van der Waals surface area contributed by atoms with Gasteiger partial charge in [0, 0.05) is 12.1 Å². The van der Waals surface area contributed by atoms with Crippen LogP contribution in [0, 0.1) is 0 Å². The van der Waals surface area contributed by atoms with E-state index in [2.05, 4.69) is 27.3 Å². The summed E-state index contributed by atoms with van der Waals surface area (Å²) in [4.78, 5) is 4.39. The molecule has 0 aliphatic rings. The first kappa shape index (κ1) is 15.7. The molecule has 7 nitrogen and oxygen atoms in total. The van der Waals surface area contributed by atoms with Gasteiger partial charge in [0.2, 0.25) is 11.7 Å². The van der Waals surface area contributed by atoms with Crippen LogP contribution in [-0.4, -0.2) is 30.0 Å². The molecule has 0 bridgehead atoms. The molecule has 0 aliphatic heterocycles. The average Bonchev–Trinajstić information content (AvgIpc) is 3.21. The molecule has 2 aromatic heterocycles. The van der Waals surface area contributed by atoms with Crippen LogP contribution in [0.4, 0.5) is 0 Å². The van der Waals surface area contributed by atoms with Crippen molar-refractivity contribution in [1.82, 2.24) is 24.9 Å². The molecule has 2 heterocycles. The van der Waals surface area contributed by atoms with E-state index in [1.54, 1.807) is 0 Å². The summed E-state index contributed by atoms with van der Waals surface area (Å²) in [5.41, 5.74) is 0.921. The van der Waals surface area contributed by atoms with Crippen molar-refractivity contribution in [3.05, 3.63) is 42.0 Å². The van der Waals surface area contributed by atoms with Crippen LogP contribution in [0.5, 0.6) is 0 Å². The van der Waals surface area contributed by atoms with Crippen LogP contribution >= 0.6 is 11.8 Å². The standard InChI is InChI=1S/C15H17N5O2S/c1-2-8-20-12(9-21)17-18-15(20)23-10-13-16-14(19-22-13)11-6-4-3-5-7-11/h3-7,21H,2,8-10H2,1H3. The predicted octanol–water partition coefficient (Wildman–Crippen LogP) is 2.52. The van der Waals surface area contributed by atoms with E-state index in [1.807, 2.05) is 34.9 Å². The van der Waals surface area contributed by atoms with E-state index in [-0.39, 0.29) is 6.61 Å². The topological polar surface area (TPSA) is 89.9 Å². The Morgan fingerprint density at radius 1 is 1.22 bits per heavy atom. The molecule has 0 unspecified atom stereocenters. The summed E-state index contributed by atoms with van der Waals surface area (Å²) in [5.74, 6) is 2.19. The smallest absolute Gasteiger partial charge is 0.237 e. The molecular weight excluding hydrogens is 314 g/mol. The zero-order valence-electron chi connectivity index (χ0n) is 12.7. The van der Waals surface area contributed by atoms with Gasteiger partial charge >= 0.3 is 0 Å². The van der Waals surface area contributed by atoms with Crippen molar-refractivity contribution in [2.24, 2.45) is 0 Å². The SMILES string of the molecule is CCCn1c(CO)nnc1SCc1nc(-c2ccccc2)no1. The van der Waals surface area contributed by atoms with Crippen LogP contribution in [0.1, 0.15) is 25.1 Å². The van der Waals surface area contributed by atoms with Gasteiger partial charge < -0.3 is 14.2 Å². The van der Waals surface area contributed by atoms with Crippen LogP contribution in [0.2, 0.25) is 0 Å². The molecule has 0 fully saturated rings. The maximum atomic E-state index is 9.30. The van der Waals surface area contributed by atoms with Gasteiger partial charge in [-0.15, -0.1) is 10.2 Å². The average molecular weight is 331 g/mol. The lowest BCUT2D eigenvalue weighted by Crippen LogP contribution is -2.04. The van der Waals surface area contributed by atoms with Crippen LogP contribution in [0.3, 0.4) is 0 Å². The molecule has 0 saturated heterocycles. The van der Waals surface area contributed by atoms with Crippen molar-refractivity contribution in [3.63, 3.8) is 0 Å². The number of rotatable bonds is 7. The Balaban J connectivity index is 1.70. The molecule has 120 valence electrons. The molecular formula is C15H17N5O2S. The quantitative estimate of drug-likeness (QED) is 0.665. The summed E-state index contributed by atoms with van der Waals surface area (Å²) in [5, 5.41) is 22.1. The molecule has 0 radical (unpaired) electrons. The number of thioether (sulfide) groups is 1. The fourth-order valence-electron chi connectivity index (χ4n) is 2.14. The fourth-order valence-corrected chi connectivity index (χ4v) is 2.96. The maximum absolute atomic E-state index is 9.30. The largest absolute Gasteiger partial charge is 0.388 e. The highest BCUT2D eigenvalue weighted by Crippen LogP contribution is 2.23. The number of nitrogens with zero attached hydrogens (tertiary/aromatic N) is 5. The molecule has 0 aliphatic carbocycles. The van der Waals surface area contributed by atoms with E-state index in [0.29, 0.717) is 23.3 Å². The van der Waals surface area contributed by atoms with E-state index >= 15 is 0 Å². The van der Waals surface area contributed by atoms with Gasteiger partial charge in [-0.3, -0.25) is 0 Å². The minimum Gasteiger partial charge on any atom is -0.388 e. The van der Waals surface area contributed by atoms with Crippen molar-refractivity contribution < 1.29 is 9.63 Å². The summed E-state index contributed by atoms with van der Waals surface area (Å²) < 4.78 is 7.20. The molecule has 0 saturated carbocycles. The van der Waals surface area contributed by atoms with Crippen LogP contribution in [0.15, 0.2) is 40.0 Å². The third-order valence-corrected chi connectivity index (χ3v) is 4.16. The Hall–Kier alpha value is -2.19. The number of benzene rings is 1. The summed E-state index contributed by atoms with van der Waals surface area (Å²) in [7, 11) is 0. The molecule has 0 amide bonds. The van der Waals surface area contributed by atoms with Gasteiger partial charge in [0.1, 0.15) is 6.61 Å². The van der Waals surface area contributed by atoms with Crippen LogP contribution < -0.4 is 0 Å². The van der Waals surface area contributed by atoms with Crippen LogP contribution in [-0.2, 0) is 18.9 Å². The molecule has 0 atom stereocenters. The summed E-state index contributed by atoms with van der Waals surface area (Å²) in [6, 6.07) is 9.69. The molecule has 1 aromatic carbocycles. The zero-order chi connectivity index (χ0) is 16.1. The van der Waals surface area contributed by atoms with E-state index < -0.39 is 0 Å². The Labute approximate surface area is 137 Å². The lowest BCUT2D eigenvalue weighted by Gasteiger charge is -2.05. The third-order valence-electron chi connectivity index (χ3n) is 3.21. The minimum absolute atomic E-state index is 0.119. The fraction of sp³-hybridized carbons (Fsp3) is 0.333. The third kappa shape index (κ3) is 3.59. The van der Waals surface area contributed by atoms with Gasteiger partial charge in [-0.25, -0.2) is 0 Å². The van der Waals surface area contributed by atoms with Crippen LogP contribution in [0.25, 0.3) is 11.4 Å². The molecule has 1 N–H and O–H groups in total. The molecule has 23 heavy (non-hydrogen) atoms. The highest BCUT2D eigenvalue weighted by atomic mass is 32.2. The van der Waals surface area contributed by atoms with Crippen molar-refractivity contribution in [1.29, 1.82) is 0 Å². The van der Waals surface area contributed by atoms with E-state index in [0.717, 1.165) is 23.7 Å². The van der Waals surface area contributed by atoms with E-state index in [4.69, 9.17) is 4.52 Å². The van der Waals surface area contributed by atoms with Crippen molar-refractivity contribution >= 4 is 11.8 Å². The Morgan fingerprint density at radius 3 is 2.78 bits per heavy atom. The Kier molecular flexibility index (Phi) is 5.04. The first-order valence-corrected chi connectivity index (χ1v) is 8.34. The minimum atomic E-state index is -0.119. The first-order chi connectivity index (χ1) is 11.3. The summed E-state index contributed by atoms with van der Waals surface area (Å²) in [6.45, 7) is 2.72. The van der Waals surface area contributed by atoms with Crippen molar-refractivity contribution in [3.8, 4) is 11.4 Å². The lowest BCUT2D eigenvalue weighted by molar-refractivity contribution is 0.263. The molecule has 8 heteroatoms. The lowest BCUT2D eigenvalue weighted by atomic mass is 10.2. The van der Waals surface area contributed by atoms with Gasteiger partial charge in [0.15, 0.2) is 11.0 Å². The Bertz CT molecular complexity index is 756. The highest BCUT2D eigenvalue weighted by Gasteiger charge is 2.14. The zero-order valence-corrected chi connectivity index (χ0v) is 13.5. The van der Waals surface area contributed by atoms with Gasteiger partial charge in [0.25, 0.3) is 0 Å². The Morgan fingerprint density at radius 2 is 2.04 bits per heavy atom. The van der Waals surface area contributed by atoms with Gasteiger partial charge in [-0.05, 0) is 6.42 Å². The first-order valence-electron chi connectivity index (χ1n) is 7.35. The number of aliphatic hydroxyl groups excluding tert-OH is 1. The van der Waals surface area contributed by atoms with Crippen molar-refractivity contribution in [2.45, 2.75) is 37.4 Å². The van der Waals surface area contributed by atoms with Gasteiger partial charge in [0.05, 0.1) is 5.75 Å². The van der Waals surface area contributed by atoms with Crippen molar-refractivity contribution in [2.75, 3.05) is 0 Å². The second-order valence-electron chi connectivity index (χ2n) is 4.87. The summed E-state index contributed by atoms with van der Waals surface area (Å²) in [6.07, 6.45) is 0.942. The highest BCUT2D eigenvalue weighted by molar-refractivity contribution is 7.98. The molecule has 0 spiro atoms.